The minimum atomic E-state index is -0.710. The number of nitrogens with one attached hydrogen (secondary N) is 2. The predicted molar refractivity (Wildman–Crippen MR) is 111 cm³/mol. The third kappa shape index (κ3) is 9.52. The van der Waals surface area contributed by atoms with E-state index in [1.54, 1.807) is 0 Å². The number of hydrogen-bond acceptors (Lipinski definition) is 4. The van der Waals surface area contributed by atoms with E-state index in [9.17, 15) is 8.78 Å². The lowest BCUT2D eigenvalue weighted by Crippen LogP contribution is -2.39. The molecule has 0 spiro atoms. The molecule has 9 heteroatoms. The summed E-state index contributed by atoms with van der Waals surface area (Å²) >= 11 is 0. The number of benzene rings is 1. The fourth-order valence-electron chi connectivity index (χ4n) is 2.41. The molecule has 1 aliphatic rings. The van der Waals surface area contributed by atoms with Gasteiger partial charge in [0.15, 0.2) is 17.5 Å². The number of aliphatic imine (C=N–C) groups is 1. The Morgan fingerprint density at radius 2 is 2.15 bits per heavy atom. The number of ether oxygens (including phenoxy) is 3. The summed E-state index contributed by atoms with van der Waals surface area (Å²) in [5.41, 5.74) is 0. The van der Waals surface area contributed by atoms with Gasteiger partial charge in [0.2, 0.25) is 0 Å². The van der Waals surface area contributed by atoms with Gasteiger partial charge in [-0.3, -0.25) is 4.99 Å². The van der Waals surface area contributed by atoms with Crippen molar-refractivity contribution in [2.45, 2.75) is 25.9 Å². The van der Waals surface area contributed by atoms with Crippen molar-refractivity contribution in [3.63, 3.8) is 0 Å². The number of nitrogens with zero attached hydrogens (tertiary/aromatic N) is 1. The lowest BCUT2D eigenvalue weighted by Gasteiger charge is -2.13. The van der Waals surface area contributed by atoms with Gasteiger partial charge in [-0.05, 0) is 31.9 Å². The summed E-state index contributed by atoms with van der Waals surface area (Å²) in [7, 11) is 0. The summed E-state index contributed by atoms with van der Waals surface area (Å²) in [6, 6.07) is 3.24. The third-order valence-corrected chi connectivity index (χ3v) is 3.70. The van der Waals surface area contributed by atoms with Crippen LogP contribution in [-0.2, 0) is 9.47 Å². The second kappa shape index (κ2) is 13.9. The highest BCUT2D eigenvalue weighted by atomic mass is 127. The fourth-order valence-corrected chi connectivity index (χ4v) is 2.41. The second-order valence-corrected chi connectivity index (χ2v) is 5.82. The maximum absolute atomic E-state index is 13.5. The number of rotatable bonds is 10. The van der Waals surface area contributed by atoms with Gasteiger partial charge in [0.05, 0.1) is 19.3 Å². The van der Waals surface area contributed by atoms with Crippen LogP contribution in [0.3, 0.4) is 0 Å². The molecular formula is C18H28F2IN3O3. The summed E-state index contributed by atoms with van der Waals surface area (Å²) in [5, 5.41) is 6.24. The molecule has 0 aromatic heterocycles. The van der Waals surface area contributed by atoms with Gasteiger partial charge in [-0.2, -0.15) is 0 Å². The molecule has 1 atom stereocenters. The Bertz CT molecular complexity index is 573. The first kappa shape index (κ1) is 23.8. The van der Waals surface area contributed by atoms with Gasteiger partial charge in [0, 0.05) is 32.4 Å². The van der Waals surface area contributed by atoms with Crippen LogP contribution in [0.25, 0.3) is 0 Å². The van der Waals surface area contributed by atoms with Gasteiger partial charge in [0.25, 0.3) is 0 Å². The summed E-state index contributed by atoms with van der Waals surface area (Å²) in [4.78, 5) is 4.46. The molecule has 2 rings (SSSR count). The van der Waals surface area contributed by atoms with Gasteiger partial charge in [-0.25, -0.2) is 8.78 Å². The molecule has 1 aromatic carbocycles. The molecule has 154 valence electrons. The minimum Gasteiger partial charge on any atom is -0.489 e. The Morgan fingerprint density at radius 1 is 1.30 bits per heavy atom. The normalized spacial score (nSPS) is 16.7. The molecule has 0 aliphatic carbocycles. The quantitative estimate of drug-likeness (QED) is 0.225. The van der Waals surface area contributed by atoms with E-state index in [1.807, 2.05) is 6.92 Å². The maximum Gasteiger partial charge on any atom is 0.191 e. The van der Waals surface area contributed by atoms with Crippen LogP contribution >= 0.6 is 24.0 Å². The number of guanidine groups is 1. The predicted octanol–water partition coefficient (Wildman–Crippen LogP) is 2.71. The molecule has 0 radical (unpaired) electrons. The lowest BCUT2D eigenvalue weighted by molar-refractivity contribution is 0.0424. The first-order valence-corrected chi connectivity index (χ1v) is 8.98. The molecule has 1 fully saturated rings. The Hall–Kier alpha value is -1.20. The molecular weight excluding hydrogens is 471 g/mol. The topological polar surface area (TPSA) is 64.1 Å². The van der Waals surface area contributed by atoms with Crippen molar-refractivity contribution in [2.24, 2.45) is 4.99 Å². The van der Waals surface area contributed by atoms with E-state index in [4.69, 9.17) is 14.2 Å². The van der Waals surface area contributed by atoms with Crippen LogP contribution in [-0.4, -0.2) is 58.1 Å². The molecule has 0 saturated carbocycles. The van der Waals surface area contributed by atoms with Gasteiger partial charge < -0.3 is 24.8 Å². The molecule has 1 unspecified atom stereocenters. The lowest BCUT2D eigenvalue weighted by atomic mass is 10.3. The molecule has 2 N–H and O–H groups in total. The SMILES string of the molecule is CCNC(=NCCCOC1CCOC1)NCCOc1ccc(F)cc1F.I. The number of halogens is 3. The molecule has 0 bridgehead atoms. The van der Waals surface area contributed by atoms with Gasteiger partial charge in [-0.15, -0.1) is 24.0 Å². The van der Waals surface area contributed by atoms with Crippen molar-refractivity contribution < 1.29 is 23.0 Å². The molecule has 1 saturated heterocycles. The maximum atomic E-state index is 13.5. The zero-order valence-corrected chi connectivity index (χ0v) is 17.8. The Labute approximate surface area is 176 Å². The highest BCUT2D eigenvalue weighted by Gasteiger charge is 2.15. The van der Waals surface area contributed by atoms with E-state index in [-0.39, 0.29) is 42.4 Å². The molecule has 0 amide bonds. The molecule has 27 heavy (non-hydrogen) atoms. The van der Waals surface area contributed by atoms with E-state index in [2.05, 4.69) is 15.6 Å². The summed E-state index contributed by atoms with van der Waals surface area (Å²) in [6.07, 6.45) is 2.00. The van der Waals surface area contributed by atoms with Crippen molar-refractivity contribution in [2.75, 3.05) is 46.1 Å². The van der Waals surface area contributed by atoms with Crippen molar-refractivity contribution in [1.82, 2.24) is 10.6 Å². The molecule has 1 aromatic rings. The third-order valence-electron chi connectivity index (χ3n) is 3.70. The Kier molecular flexibility index (Phi) is 12.3. The van der Waals surface area contributed by atoms with Crippen LogP contribution in [0.4, 0.5) is 8.78 Å². The van der Waals surface area contributed by atoms with Crippen LogP contribution in [0.1, 0.15) is 19.8 Å². The highest BCUT2D eigenvalue weighted by molar-refractivity contribution is 14.0. The summed E-state index contributed by atoms with van der Waals surface area (Å²) < 4.78 is 42.6. The fraction of sp³-hybridized carbons (Fsp3) is 0.611. The Balaban J connectivity index is 0.00000364. The van der Waals surface area contributed by atoms with Crippen LogP contribution in [0.5, 0.6) is 5.75 Å². The Morgan fingerprint density at radius 3 is 2.85 bits per heavy atom. The van der Waals surface area contributed by atoms with Gasteiger partial charge in [-0.1, -0.05) is 0 Å². The van der Waals surface area contributed by atoms with Crippen LogP contribution in [0, 0.1) is 11.6 Å². The monoisotopic (exact) mass is 499 g/mol. The van der Waals surface area contributed by atoms with Crippen molar-refractivity contribution in [3.8, 4) is 5.75 Å². The standard InChI is InChI=1S/C18H27F2N3O3.HI/c1-2-21-18(22-7-3-9-25-15-6-10-24-13-15)23-8-11-26-17-5-4-14(19)12-16(17)20;/h4-5,12,15H,2-3,6-11,13H2,1H3,(H2,21,22,23);1H. The molecule has 6 nitrogen and oxygen atoms in total. The smallest absolute Gasteiger partial charge is 0.191 e. The van der Waals surface area contributed by atoms with Crippen LogP contribution in [0.2, 0.25) is 0 Å². The van der Waals surface area contributed by atoms with Crippen molar-refractivity contribution >= 4 is 29.9 Å². The van der Waals surface area contributed by atoms with E-state index in [0.29, 0.717) is 32.3 Å². The zero-order chi connectivity index (χ0) is 18.6. The molecule has 1 heterocycles. The summed E-state index contributed by atoms with van der Waals surface area (Å²) in [5.74, 6) is -0.639. The average molecular weight is 499 g/mol. The largest absolute Gasteiger partial charge is 0.489 e. The van der Waals surface area contributed by atoms with Crippen LogP contribution in [0.15, 0.2) is 23.2 Å². The van der Waals surface area contributed by atoms with Gasteiger partial charge in [0.1, 0.15) is 12.4 Å². The van der Waals surface area contributed by atoms with E-state index in [0.717, 1.165) is 38.1 Å². The van der Waals surface area contributed by atoms with E-state index < -0.39 is 11.6 Å². The average Bonchev–Trinajstić information content (AvgIpc) is 3.13. The van der Waals surface area contributed by atoms with Crippen LogP contribution < -0.4 is 15.4 Å². The highest BCUT2D eigenvalue weighted by Crippen LogP contribution is 2.17. The zero-order valence-electron chi connectivity index (χ0n) is 15.5. The van der Waals surface area contributed by atoms with Crippen molar-refractivity contribution in [3.05, 3.63) is 29.8 Å². The van der Waals surface area contributed by atoms with E-state index >= 15 is 0 Å². The summed E-state index contributed by atoms with van der Waals surface area (Å²) in [6.45, 7) is 6.14. The first-order chi connectivity index (χ1) is 12.7. The molecule has 1 aliphatic heterocycles. The van der Waals surface area contributed by atoms with Gasteiger partial charge >= 0.3 is 0 Å². The number of hydrogen-bond donors (Lipinski definition) is 2. The van der Waals surface area contributed by atoms with Crippen molar-refractivity contribution in [1.29, 1.82) is 0 Å². The van der Waals surface area contributed by atoms with E-state index in [1.165, 1.54) is 6.07 Å². The first-order valence-electron chi connectivity index (χ1n) is 8.98. The second-order valence-electron chi connectivity index (χ2n) is 5.82. The minimum absolute atomic E-state index is 0.